The molecule has 0 saturated carbocycles. The number of hydrogen-bond acceptors (Lipinski definition) is 3. The van der Waals surface area contributed by atoms with Gasteiger partial charge in [0.05, 0.1) is 5.02 Å². The van der Waals surface area contributed by atoms with Crippen LogP contribution in [0.15, 0.2) is 44.9 Å². The van der Waals surface area contributed by atoms with Gasteiger partial charge < -0.3 is 0 Å². The minimum Gasteiger partial charge on any atom is -0.226 e. The van der Waals surface area contributed by atoms with Gasteiger partial charge in [-0.05, 0) is 35.0 Å². The molecule has 5 heteroatoms. The Labute approximate surface area is 112 Å². The van der Waals surface area contributed by atoms with Crippen molar-refractivity contribution < 1.29 is 0 Å². The van der Waals surface area contributed by atoms with Crippen molar-refractivity contribution in [2.45, 2.75) is 16.8 Å². The van der Waals surface area contributed by atoms with Gasteiger partial charge in [0.15, 0.2) is 0 Å². The van der Waals surface area contributed by atoms with Crippen LogP contribution in [-0.4, -0.2) is 9.97 Å². The summed E-state index contributed by atoms with van der Waals surface area (Å²) in [6, 6.07) is 9.58. The molecule has 16 heavy (non-hydrogen) atoms. The third kappa shape index (κ3) is 2.97. The van der Waals surface area contributed by atoms with Crippen molar-refractivity contribution in [3.8, 4) is 0 Å². The highest BCUT2D eigenvalue weighted by Crippen LogP contribution is 2.32. The van der Waals surface area contributed by atoms with Crippen LogP contribution in [0.1, 0.15) is 5.82 Å². The fraction of sp³-hybridized carbons (Fsp3) is 0.0909. The number of benzene rings is 1. The minimum absolute atomic E-state index is 0.736. The molecule has 1 aromatic heterocycles. The Hall–Kier alpha value is -0.580. The third-order valence-electron chi connectivity index (χ3n) is 1.83. The van der Waals surface area contributed by atoms with E-state index in [-0.39, 0.29) is 0 Å². The zero-order valence-corrected chi connectivity index (χ0v) is 11.6. The SMILES string of the molecule is Cc1nc(Br)cc(Sc2ccccc2Cl)n1. The Morgan fingerprint density at radius 3 is 2.69 bits per heavy atom. The molecule has 2 rings (SSSR count). The van der Waals surface area contributed by atoms with Crippen molar-refractivity contribution in [3.05, 3.63) is 45.8 Å². The van der Waals surface area contributed by atoms with E-state index < -0.39 is 0 Å². The zero-order valence-electron chi connectivity index (χ0n) is 8.45. The van der Waals surface area contributed by atoms with Crippen LogP contribution < -0.4 is 0 Å². The summed E-state index contributed by atoms with van der Waals surface area (Å²) in [5.41, 5.74) is 0. The van der Waals surface area contributed by atoms with Crippen molar-refractivity contribution in [2.24, 2.45) is 0 Å². The monoisotopic (exact) mass is 314 g/mol. The van der Waals surface area contributed by atoms with E-state index in [0.29, 0.717) is 0 Å². The molecule has 0 aliphatic carbocycles. The number of rotatable bonds is 2. The maximum atomic E-state index is 6.08. The number of halogens is 2. The van der Waals surface area contributed by atoms with Crippen LogP contribution in [0.25, 0.3) is 0 Å². The number of aromatic nitrogens is 2. The molecular weight excluding hydrogens is 308 g/mol. The Kier molecular flexibility index (Phi) is 3.84. The lowest BCUT2D eigenvalue weighted by Gasteiger charge is -2.04. The second kappa shape index (κ2) is 5.17. The Bertz CT molecular complexity index is 499. The summed E-state index contributed by atoms with van der Waals surface area (Å²) in [6.45, 7) is 1.86. The van der Waals surface area contributed by atoms with Crippen molar-refractivity contribution in [1.29, 1.82) is 0 Å². The van der Waals surface area contributed by atoms with Gasteiger partial charge in [-0.3, -0.25) is 0 Å². The predicted molar refractivity (Wildman–Crippen MR) is 70.0 cm³/mol. The summed E-state index contributed by atoms with van der Waals surface area (Å²) in [6.07, 6.45) is 0. The lowest BCUT2D eigenvalue weighted by Crippen LogP contribution is -1.90. The van der Waals surface area contributed by atoms with Crippen LogP contribution in [0.4, 0.5) is 0 Å². The van der Waals surface area contributed by atoms with E-state index in [1.165, 1.54) is 11.8 Å². The highest BCUT2D eigenvalue weighted by atomic mass is 79.9. The lowest BCUT2D eigenvalue weighted by molar-refractivity contribution is 0.951. The maximum absolute atomic E-state index is 6.08. The van der Waals surface area contributed by atoms with E-state index in [1.54, 1.807) is 0 Å². The van der Waals surface area contributed by atoms with E-state index >= 15 is 0 Å². The van der Waals surface area contributed by atoms with Crippen molar-refractivity contribution in [3.63, 3.8) is 0 Å². The summed E-state index contributed by atoms with van der Waals surface area (Å²) in [4.78, 5) is 9.49. The highest BCUT2D eigenvalue weighted by Gasteiger charge is 2.05. The second-order valence-electron chi connectivity index (χ2n) is 3.11. The van der Waals surface area contributed by atoms with E-state index in [9.17, 15) is 0 Å². The van der Waals surface area contributed by atoms with E-state index in [0.717, 1.165) is 25.4 Å². The third-order valence-corrected chi connectivity index (χ3v) is 3.68. The molecule has 0 bridgehead atoms. The fourth-order valence-corrected chi connectivity index (χ4v) is 2.96. The Morgan fingerprint density at radius 1 is 1.25 bits per heavy atom. The summed E-state index contributed by atoms with van der Waals surface area (Å²) < 4.78 is 0.787. The largest absolute Gasteiger partial charge is 0.226 e. The molecule has 82 valence electrons. The molecule has 0 saturated heterocycles. The van der Waals surface area contributed by atoms with Crippen LogP contribution in [-0.2, 0) is 0 Å². The molecule has 0 radical (unpaired) electrons. The molecule has 2 nitrogen and oxygen atoms in total. The molecule has 0 aliphatic heterocycles. The van der Waals surface area contributed by atoms with Crippen LogP contribution in [0.5, 0.6) is 0 Å². The standard InChI is InChI=1S/C11H8BrClN2S/c1-7-14-10(12)6-11(15-7)16-9-5-3-2-4-8(9)13/h2-6H,1H3. The molecule has 1 heterocycles. The molecule has 0 N–H and O–H groups in total. The van der Waals surface area contributed by atoms with Gasteiger partial charge in [-0.1, -0.05) is 35.5 Å². The van der Waals surface area contributed by atoms with E-state index in [4.69, 9.17) is 11.6 Å². The van der Waals surface area contributed by atoms with Crippen molar-refractivity contribution in [2.75, 3.05) is 0 Å². The van der Waals surface area contributed by atoms with Gasteiger partial charge in [-0.25, -0.2) is 9.97 Å². The van der Waals surface area contributed by atoms with Crippen LogP contribution >= 0.6 is 39.3 Å². The lowest BCUT2D eigenvalue weighted by atomic mass is 10.4. The maximum Gasteiger partial charge on any atom is 0.127 e. The van der Waals surface area contributed by atoms with Crippen molar-refractivity contribution >= 4 is 39.3 Å². The van der Waals surface area contributed by atoms with Crippen LogP contribution in [0, 0.1) is 6.92 Å². The van der Waals surface area contributed by atoms with Crippen LogP contribution in [0.3, 0.4) is 0 Å². The number of hydrogen-bond donors (Lipinski definition) is 0. The van der Waals surface area contributed by atoms with Gasteiger partial charge in [0.2, 0.25) is 0 Å². The van der Waals surface area contributed by atoms with Gasteiger partial charge in [0.25, 0.3) is 0 Å². The fourth-order valence-electron chi connectivity index (χ4n) is 1.20. The molecule has 0 atom stereocenters. The average Bonchev–Trinajstić information content (AvgIpc) is 2.20. The number of aryl methyl sites for hydroxylation is 1. The first kappa shape index (κ1) is 11.9. The normalized spacial score (nSPS) is 10.4. The van der Waals surface area contributed by atoms with E-state index in [2.05, 4.69) is 25.9 Å². The Morgan fingerprint density at radius 2 is 2.00 bits per heavy atom. The minimum atomic E-state index is 0.736. The van der Waals surface area contributed by atoms with E-state index in [1.807, 2.05) is 37.3 Å². The molecular formula is C11H8BrClN2S. The molecule has 1 aromatic carbocycles. The van der Waals surface area contributed by atoms with Gasteiger partial charge >= 0.3 is 0 Å². The van der Waals surface area contributed by atoms with Gasteiger partial charge in [0, 0.05) is 11.0 Å². The molecule has 0 unspecified atom stereocenters. The summed E-state index contributed by atoms with van der Waals surface area (Å²) in [7, 11) is 0. The second-order valence-corrected chi connectivity index (χ2v) is 5.39. The first-order valence-electron chi connectivity index (χ1n) is 4.59. The van der Waals surface area contributed by atoms with Gasteiger partial charge in [-0.2, -0.15) is 0 Å². The zero-order chi connectivity index (χ0) is 11.5. The Balaban J connectivity index is 2.30. The molecule has 0 spiro atoms. The summed E-state index contributed by atoms with van der Waals surface area (Å²) in [5.74, 6) is 0.740. The highest BCUT2D eigenvalue weighted by molar-refractivity contribution is 9.10. The molecule has 0 aliphatic rings. The first-order chi connectivity index (χ1) is 7.65. The molecule has 0 fully saturated rings. The van der Waals surface area contributed by atoms with Gasteiger partial charge in [0.1, 0.15) is 15.5 Å². The quantitative estimate of drug-likeness (QED) is 0.770. The summed E-state index contributed by atoms with van der Waals surface area (Å²) >= 11 is 11.0. The summed E-state index contributed by atoms with van der Waals surface area (Å²) in [5, 5.41) is 1.62. The van der Waals surface area contributed by atoms with Crippen molar-refractivity contribution in [1.82, 2.24) is 9.97 Å². The average molecular weight is 316 g/mol. The topological polar surface area (TPSA) is 25.8 Å². The number of nitrogens with zero attached hydrogens (tertiary/aromatic N) is 2. The predicted octanol–water partition coefficient (Wildman–Crippen LogP) is 4.35. The molecule has 0 amide bonds. The first-order valence-corrected chi connectivity index (χ1v) is 6.57. The smallest absolute Gasteiger partial charge is 0.127 e. The molecule has 2 aromatic rings. The van der Waals surface area contributed by atoms with Gasteiger partial charge in [-0.15, -0.1) is 0 Å². The van der Waals surface area contributed by atoms with Crippen LogP contribution in [0.2, 0.25) is 5.02 Å².